The second-order valence-electron chi connectivity index (χ2n) is 10.9. The normalized spacial score (nSPS) is 13.2. The van der Waals surface area contributed by atoms with Gasteiger partial charge in [0.2, 0.25) is 0 Å². The molecular weight excluding hydrogens is 534 g/mol. The molecule has 0 aliphatic carbocycles. The Morgan fingerprint density at radius 3 is 1.88 bits per heavy atom. The number of amides is 1. The van der Waals surface area contributed by atoms with Crippen molar-refractivity contribution in [3.8, 4) is 0 Å². The average Bonchev–Trinajstić information content (AvgIpc) is 2.96. The Balaban J connectivity index is 1.73. The molecule has 0 aromatic heterocycles. The molecule has 0 radical (unpaired) electrons. The highest BCUT2D eigenvalue weighted by Crippen LogP contribution is 2.36. The van der Waals surface area contributed by atoms with Gasteiger partial charge in [0.1, 0.15) is 12.7 Å². The molecule has 0 heterocycles. The summed E-state index contributed by atoms with van der Waals surface area (Å²) >= 11 is 0. The van der Waals surface area contributed by atoms with Gasteiger partial charge in [-0.2, -0.15) is 0 Å². The molecule has 0 saturated carbocycles. The molecule has 0 spiro atoms. The van der Waals surface area contributed by atoms with Gasteiger partial charge in [-0.1, -0.05) is 112 Å². The van der Waals surface area contributed by atoms with Crippen molar-refractivity contribution in [2.45, 2.75) is 71.4 Å². The summed E-state index contributed by atoms with van der Waals surface area (Å²) in [6.07, 6.45) is -1.19. The van der Waals surface area contributed by atoms with Crippen LogP contribution in [0.15, 0.2) is 91.0 Å². The third kappa shape index (κ3) is 9.01. The van der Waals surface area contributed by atoms with Gasteiger partial charge in [0.25, 0.3) is 8.32 Å². The first-order chi connectivity index (χ1) is 19.7. The monoisotopic (exact) mass is 577 g/mol. The van der Waals surface area contributed by atoms with Crippen LogP contribution in [-0.4, -0.2) is 45.9 Å². The molecule has 3 aromatic carbocycles. The highest BCUT2D eigenvalue weighted by atomic mass is 28.4. The molecule has 220 valence electrons. The second-order valence-corrected chi connectivity index (χ2v) is 15.2. The number of ether oxygens (including phenoxy) is 3. The standard InChI is InChI=1S/C33H43NO6Si/c1-6-37-31(34-32(36)38-25-27-17-10-7-11-18-27)30(40-26(2)35)23-16-24-39-41(33(3,4)5,28-19-12-8-13-20-28)29-21-14-9-15-22-29/h7-15,17-22,30-31H,6,16,23-25H2,1-5H3,(H,34,36). The van der Waals surface area contributed by atoms with E-state index in [2.05, 4.69) is 74.6 Å². The number of hydrogen-bond acceptors (Lipinski definition) is 6. The molecule has 2 unspecified atom stereocenters. The maximum Gasteiger partial charge on any atom is 0.409 e. The number of benzene rings is 3. The van der Waals surface area contributed by atoms with Crippen LogP contribution < -0.4 is 15.7 Å². The van der Waals surface area contributed by atoms with E-state index in [1.165, 1.54) is 17.3 Å². The minimum atomic E-state index is -2.69. The Morgan fingerprint density at radius 1 is 0.854 bits per heavy atom. The first kappa shape index (κ1) is 32.1. The molecule has 41 heavy (non-hydrogen) atoms. The number of carbonyl (C=O) groups is 2. The van der Waals surface area contributed by atoms with E-state index in [9.17, 15) is 9.59 Å². The van der Waals surface area contributed by atoms with Crippen LogP contribution >= 0.6 is 0 Å². The summed E-state index contributed by atoms with van der Waals surface area (Å²) in [5.41, 5.74) is 0.868. The third-order valence-electron chi connectivity index (χ3n) is 6.84. The molecular formula is C33H43NO6Si. The zero-order valence-corrected chi connectivity index (χ0v) is 25.8. The van der Waals surface area contributed by atoms with Gasteiger partial charge < -0.3 is 18.6 Å². The van der Waals surface area contributed by atoms with Gasteiger partial charge in [0.15, 0.2) is 6.23 Å². The van der Waals surface area contributed by atoms with E-state index < -0.39 is 32.7 Å². The highest BCUT2D eigenvalue weighted by Gasteiger charge is 2.50. The summed E-state index contributed by atoms with van der Waals surface area (Å²) in [6.45, 7) is 10.8. The average molecular weight is 578 g/mol. The van der Waals surface area contributed by atoms with Crippen LogP contribution in [0.3, 0.4) is 0 Å². The Bertz CT molecular complexity index is 1160. The third-order valence-corrected chi connectivity index (χ3v) is 11.9. The Morgan fingerprint density at radius 2 is 1.39 bits per heavy atom. The van der Waals surface area contributed by atoms with Gasteiger partial charge in [0, 0.05) is 20.1 Å². The predicted molar refractivity (Wildman–Crippen MR) is 164 cm³/mol. The summed E-state index contributed by atoms with van der Waals surface area (Å²) < 4.78 is 23.8. The van der Waals surface area contributed by atoms with E-state index in [1.54, 1.807) is 0 Å². The van der Waals surface area contributed by atoms with Crippen molar-refractivity contribution >= 4 is 30.8 Å². The first-order valence-electron chi connectivity index (χ1n) is 14.2. The largest absolute Gasteiger partial charge is 0.458 e. The van der Waals surface area contributed by atoms with Crippen LogP contribution in [0.25, 0.3) is 0 Å². The Kier molecular flexibility index (Phi) is 12.1. The lowest BCUT2D eigenvalue weighted by molar-refractivity contribution is -0.157. The van der Waals surface area contributed by atoms with E-state index in [0.717, 1.165) is 5.56 Å². The van der Waals surface area contributed by atoms with Crippen molar-refractivity contribution in [3.63, 3.8) is 0 Å². The number of hydrogen-bond donors (Lipinski definition) is 1. The molecule has 3 rings (SSSR count). The van der Waals surface area contributed by atoms with Crippen LogP contribution in [0.2, 0.25) is 5.04 Å². The molecule has 8 heteroatoms. The predicted octanol–water partition coefficient (Wildman–Crippen LogP) is 5.56. The minimum Gasteiger partial charge on any atom is -0.458 e. The molecule has 1 amide bonds. The minimum absolute atomic E-state index is 0.121. The fraction of sp³-hybridized carbons (Fsp3) is 0.394. The smallest absolute Gasteiger partial charge is 0.409 e. The van der Waals surface area contributed by atoms with E-state index in [1.807, 2.05) is 49.4 Å². The fourth-order valence-electron chi connectivity index (χ4n) is 5.06. The lowest BCUT2D eigenvalue weighted by atomic mass is 10.1. The molecule has 0 saturated heterocycles. The van der Waals surface area contributed by atoms with Crippen molar-refractivity contribution in [3.05, 3.63) is 96.6 Å². The maximum absolute atomic E-state index is 12.6. The van der Waals surface area contributed by atoms with Crippen LogP contribution in [0.4, 0.5) is 4.79 Å². The quantitative estimate of drug-likeness (QED) is 0.117. The number of esters is 1. The zero-order valence-electron chi connectivity index (χ0n) is 24.8. The number of alkyl carbamates (subject to hydrolysis) is 1. The molecule has 3 aromatic rings. The molecule has 2 atom stereocenters. The van der Waals surface area contributed by atoms with Crippen molar-refractivity contribution < 1.29 is 28.2 Å². The maximum atomic E-state index is 12.6. The SMILES string of the molecule is CCOC(NC(=O)OCc1ccccc1)C(CCCO[Si](c1ccccc1)(c1ccccc1)C(C)(C)C)OC(C)=O. The molecule has 0 fully saturated rings. The highest BCUT2D eigenvalue weighted by molar-refractivity contribution is 6.99. The van der Waals surface area contributed by atoms with E-state index in [4.69, 9.17) is 18.6 Å². The van der Waals surface area contributed by atoms with Crippen LogP contribution in [0.1, 0.15) is 53.0 Å². The van der Waals surface area contributed by atoms with Crippen molar-refractivity contribution in [2.24, 2.45) is 0 Å². The lowest BCUT2D eigenvalue weighted by Crippen LogP contribution is -2.66. The molecule has 0 aliphatic heterocycles. The topological polar surface area (TPSA) is 83.1 Å². The Hall–Kier alpha value is -3.46. The van der Waals surface area contributed by atoms with E-state index in [-0.39, 0.29) is 11.6 Å². The summed E-state index contributed by atoms with van der Waals surface area (Å²) in [7, 11) is -2.69. The second kappa shape index (κ2) is 15.5. The molecule has 1 N–H and O–H groups in total. The van der Waals surface area contributed by atoms with Gasteiger partial charge in [-0.25, -0.2) is 4.79 Å². The fourth-order valence-corrected chi connectivity index (χ4v) is 9.67. The number of rotatable bonds is 14. The summed E-state index contributed by atoms with van der Waals surface area (Å²) in [5, 5.41) is 4.98. The van der Waals surface area contributed by atoms with Gasteiger partial charge in [0.05, 0.1) is 0 Å². The van der Waals surface area contributed by atoms with Crippen LogP contribution in [0, 0.1) is 0 Å². The Labute approximate surface area is 245 Å². The van der Waals surface area contributed by atoms with Crippen LogP contribution in [-0.2, 0) is 30.0 Å². The van der Waals surface area contributed by atoms with Crippen molar-refractivity contribution in [1.29, 1.82) is 0 Å². The van der Waals surface area contributed by atoms with Gasteiger partial charge in [-0.15, -0.1) is 0 Å². The zero-order chi connectivity index (χ0) is 29.7. The molecule has 0 aliphatic rings. The summed E-state index contributed by atoms with van der Waals surface area (Å²) in [5.74, 6) is -0.452. The summed E-state index contributed by atoms with van der Waals surface area (Å²) in [4.78, 5) is 24.6. The van der Waals surface area contributed by atoms with Gasteiger partial charge >= 0.3 is 12.1 Å². The van der Waals surface area contributed by atoms with Crippen LogP contribution in [0.5, 0.6) is 0 Å². The first-order valence-corrected chi connectivity index (χ1v) is 16.1. The van der Waals surface area contributed by atoms with E-state index in [0.29, 0.717) is 26.1 Å². The molecule has 0 bridgehead atoms. The summed E-state index contributed by atoms with van der Waals surface area (Å²) in [6, 6.07) is 30.3. The van der Waals surface area contributed by atoms with Gasteiger partial charge in [-0.3, -0.25) is 10.1 Å². The van der Waals surface area contributed by atoms with Crippen molar-refractivity contribution in [2.75, 3.05) is 13.2 Å². The number of nitrogens with one attached hydrogen (secondary N) is 1. The number of carbonyl (C=O) groups excluding carboxylic acids is 2. The van der Waals surface area contributed by atoms with Gasteiger partial charge in [-0.05, 0) is 40.7 Å². The van der Waals surface area contributed by atoms with E-state index >= 15 is 0 Å². The van der Waals surface area contributed by atoms with Crippen molar-refractivity contribution in [1.82, 2.24) is 5.32 Å². The lowest BCUT2D eigenvalue weighted by Gasteiger charge is -2.43. The molecule has 7 nitrogen and oxygen atoms in total.